The van der Waals surface area contributed by atoms with Gasteiger partial charge in [0.15, 0.2) is 0 Å². The molecule has 0 spiro atoms. The summed E-state index contributed by atoms with van der Waals surface area (Å²) in [4.78, 5) is 0. The minimum absolute atomic E-state index is 0.517. The molecule has 0 aromatic rings. The Morgan fingerprint density at radius 3 is 1.39 bits per heavy atom. The average Bonchev–Trinajstić information content (AvgIpc) is 3.02. The van der Waals surface area contributed by atoms with Crippen LogP contribution in [0.1, 0.15) is 112 Å². The molecule has 1 aliphatic rings. The van der Waals surface area contributed by atoms with Gasteiger partial charge in [0.05, 0.1) is 18.3 Å². The van der Waals surface area contributed by atoms with Gasteiger partial charge in [-0.25, -0.2) is 0 Å². The molecule has 0 aromatic heterocycles. The molecule has 1 fully saturated rings. The second kappa shape index (κ2) is 16.8. The third-order valence-electron chi connectivity index (χ3n) is 4.53. The lowest BCUT2D eigenvalue weighted by Crippen LogP contribution is -2.22. The summed E-state index contributed by atoms with van der Waals surface area (Å²) in [7, 11) is 0. The summed E-state index contributed by atoms with van der Waals surface area (Å²) in [5.74, 6) is 0. The number of hydrogen-bond acceptors (Lipinski definition) is 2. The van der Waals surface area contributed by atoms with Crippen LogP contribution >= 0.6 is 0 Å². The quantitative estimate of drug-likeness (QED) is 0.387. The SMILES string of the molecule is CCCC(CCC)OC(CCC)CCC.CCOC1CCCC1. The standard InChI is InChI=1S/C14H30O.C7H14O/c1-5-9-13(10-6-2)15-14(11-7-3)12-8-4;1-2-8-7-5-3-4-6-7/h13-14H,5-12H2,1-4H3;7H,2-6H2,1H3. The Hall–Kier alpha value is -0.0800. The lowest BCUT2D eigenvalue weighted by Gasteiger charge is -2.24. The molecule has 23 heavy (non-hydrogen) atoms. The van der Waals surface area contributed by atoms with Gasteiger partial charge in [0.2, 0.25) is 0 Å². The Labute approximate surface area is 146 Å². The van der Waals surface area contributed by atoms with E-state index in [0.29, 0.717) is 18.3 Å². The van der Waals surface area contributed by atoms with Gasteiger partial charge in [-0.3, -0.25) is 0 Å². The fraction of sp³-hybridized carbons (Fsp3) is 1.00. The van der Waals surface area contributed by atoms with Gasteiger partial charge in [-0.15, -0.1) is 0 Å². The maximum atomic E-state index is 6.21. The molecule has 140 valence electrons. The van der Waals surface area contributed by atoms with Crippen LogP contribution in [0.2, 0.25) is 0 Å². The van der Waals surface area contributed by atoms with Crippen molar-refractivity contribution in [2.45, 2.75) is 130 Å². The van der Waals surface area contributed by atoms with Crippen LogP contribution in [0.3, 0.4) is 0 Å². The van der Waals surface area contributed by atoms with Crippen LogP contribution in [0.4, 0.5) is 0 Å². The molecular weight excluding hydrogens is 284 g/mol. The van der Waals surface area contributed by atoms with E-state index in [2.05, 4.69) is 34.6 Å². The Bertz CT molecular complexity index is 198. The van der Waals surface area contributed by atoms with Crippen LogP contribution in [0.5, 0.6) is 0 Å². The van der Waals surface area contributed by atoms with Gasteiger partial charge in [-0.1, -0.05) is 66.2 Å². The lowest BCUT2D eigenvalue weighted by atomic mass is 10.1. The van der Waals surface area contributed by atoms with E-state index >= 15 is 0 Å². The first-order chi connectivity index (χ1) is 11.2. The van der Waals surface area contributed by atoms with Crippen molar-refractivity contribution in [3.8, 4) is 0 Å². The smallest absolute Gasteiger partial charge is 0.0578 e. The van der Waals surface area contributed by atoms with Crippen molar-refractivity contribution in [2.75, 3.05) is 6.61 Å². The first-order valence-electron chi connectivity index (χ1n) is 10.5. The van der Waals surface area contributed by atoms with Gasteiger partial charge < -0.3 is 9.47 Å². The van der Waals surface area contributed by atoms with Gasteiger partial charge in [-0.2, -0.15) is 0 Å². The van der Waals surface area contributed by atoms with Crippen LogP contribution in [0.15, 0.2) is 0 Å². The molecule has 0 aromatic carbocycles. The Morgan fingerprint density at radius 1 is 0.696 bits per heavy atom. The van der Waals surface area contributed by atoms with Crippen molar-refractivity contribution in [2.24, 2.45) is 0 Å². The monoisotopic (exact) mass is 328 g/mol. The van der Waals surface area contributed by atoms with E-state index in [1.54, 1.807) is 0 Å². The highest BCUT2D eigenvalue weighted by Crippen LogP contribution is 2.20. The second-order valence-corrected chi connectivity index (χ2v) is 6.90. The molecule has 1 aliphatic carbocycles. The van der Waals surface area contributed by atoms with Crippen LogP contribution in [-0.4, -0.2) is 24.9 Å². The van der Waals surface area contributed by atoms with E-state index in [-0.39, 0.29) is 0 Å². The lowest BCUT2D eigenvalue weighted by molar-refractivity contribution is -0.0292. The third kappa shape index (κ3) is 12.9. The summed E-state index contributed by atoms with van der Waals surface area (Å²) < 4.78 is 11.6. The maximum absolute atomic E-state index is 6.21. The van der Waals surface area contributed by atoms with Crippen LogP contribution in [-0.2, 0) is 9.47 Å². The zero-order valence-corrected chi connectivity index (χ0v) is 16.7. The minimum Gasteiger partial charge on any atom is -0.379 e. The molecule has 2 nitrogen and oxygen atoms in total. The van der Waals surface area contributed by atoms with E-state index in [1.165, 1.54) is 77.0 Å². The second-order valence-electron chi connectivity index (χ2n) is 6.90. The maximum Gasteiger partial charge on any atom is 0.0578 e. The molecule has 0 amide bonds. The summed E-state index contributed by atoms with van der Waals surface area (Å²) in [6.45, 7) is 12.0. The number of hydrogen-bond donors (Lipinski definition) is 0. The van der Waals surface area contributed by atoms with Crippen molar-refractivity contribution in [1.29, 1.82) is 0 Å². The van der Waals surface area contributed by atoms with Crippen molar-refractivity contribution >= 4 is 0 Å². The minimum atomic E-state index is 0.517. The average molecular weight is 329 g/mol. The third-order valence-corrected chi connectivity index (χ3v) is 4.53. The molecule has 0 atom stereocenters. The van der Waals surface area contributed by atoms with Crippen molar-refractivity contribution in [1.82, 2.24) is 0 Å². The summed E-state index contributed by atoms with van der Waals surface area (Å²) >= 11 is 0. The van der Waals surface area contributed by atoms with Crippen LogP contribution in [0.25, 0.3) is 0 Å². The van der Waals surface area contributed by atoms with Crippen molar-refractivity contribution in [3.63, 3.8) is 0 Å². The Balaban J connectivity index is 0.000000502. The topological polar surface area (TPSA) is 18.5 Å². The normalized spacial score (nSPS) is 15.3. The van der Waals surface area contributed by atoms with Gasteiger partial charge in [0.25, 0.3) is 0 Å². The molecule has 0 bridgehead atoms. The highest BCUT2D eigenvalue weighted by atomic mass is 16.5. The van der Waals surface area contributed by atoms with Gasteiger partial charge >= 0.3 is 0 Å². The van der Waals surface area contributed by atoms with E-state index in [4.69, 9.17) is 9.47 Å². The molecule has 0 heterocycles. The largest absolute Gasteiger partial charge is 0.379 e. The zero-order valence-electron chi connectivity index (χ0n) is 16.7. The van der Waals surface area contributed by atoms with Crippen LogP contribution in [0, 0.1) is 0 Å². The molecule has 0 N–H and O–H groups in total. The molecule has 1 rings (SSSR count). The molecule has 2 heteroatoms. The number of rotatable bonds is 12. The Morgan fingerprint density at radius 2 is 1.09 bits per heavy atom. The van der Waals surface area contributed by atoms with Crippen molar-refractivity contribution < 1.29 is 9.47 Å². The van der Waals surface area contributed by atoms with Crippen LogP contribution < -0.4 is 0 Å². The predicted molar refractivity (Wildman–Crippen MR) is 102 cm³/mol. The number of ether oxygens (including phenoxy) is 2. The highest BCUT2D eigenvalue weighted by molar-refractivity contribution is 4.66. The summed E-state index contributed by atoms with van der Waals surface area (Å²) in [6.07, 6.45) is 16.9. The fourth-order valence-corrected chi connectivity index (χ4v) is 3.41. The molecule has 0 radical (unpaired) electrons. The molecule has 1 saturated carbocycles. The zero-order chi connectivity index (χ0) is 17.3. The fourth-order valence-electron chi connectivity index (χ4n) is 3.41. The summed E-state index contributed by atoms with van der Waals surface area (Å²) in [5, 5.41) is 0. The van der Waals surface area contributed by atoms with E-state index < -0.39 is 0 Å². The predicted octanol–water partition coefficient (Wildman–Crippen LogP) is 6.91. The van der Waals surface area contributed by atoms with E-state index in [1.807, 2.05) is 0 Å². The molecule has 0 unspecified atom stereocenters. The van der Waals surface area contributed by atoms with E-state index in [9.17, 15) is 0 Å². The van der Waals surface area contributed by atoms with Gasteiger partial charge in [-0.05, 0) is 45.4 Å². The highest BCUT2D eigenvalue weighted by Gasteiger charge is 2.14. The molecular formula is C21H44O2. The summed E-state index contributed by atoms with van der Waals surface area (Å²) in [6, 6.07) is 0. The van der Waals surface area contributed by atoms with Crippen molar-refractivity contribution in [3.05, 3.63) is 0 Å². The molecule has 0 aliphatic heterocycles. The first kappa shape index (κ1) is 22.9. The molecule has 0 saturated heterocycles. The Kier molecular flexibility index (Phi) is 16.7. The van der Waals surface area contributed by atoms with Gasteiger partial charge in [0, 0.05) is 6.61 Å². The van der Waals surface area contributed by atoms with E-state index in [0.717, 1.165) is 6.61 Å². The first-order valence-corrected chi connectivity index (χ1v) is 10.5. The van der Waals surface area contributed by atoms with Gasteiger partial charge in [0.1, 0.15) is 0 Å². The summed E-state index contributed by atoms with van der Waals surface area (Å²) in [5.41, 5.74) is 0.